The fraction of sp³-hybridized carbons (Fsp3) is 0.381. The molecular formula is C21H26N2O2. The van der Waals surface area contributed by atoms with Crippen molar-refractivity contribution in [1.29, 1.82) is 0 Å². The summed E-state index contributed by atoms with van der Waals surface area (Å²) in [5.41, 5.74) is 2.00. The van der Waals surface area contributed by atoms with Gasteiger partial charge >= 0.3 is 0 Å². The number of carbonyl (C=O) groups is 1. The Balaban J connectivity index is 1.70. The topological polar surface area (TPSA) is 43.8 Å². The summed E-state index contributed by atoms with van der Waals surface area (Å²) < 4.78 is 0. The molecule has 1 heterocycles. The second-order valence-electron chi connectivity index (χ2n) is 6.81. The maximum absolute atomic E-state index is 12.7. The first-order valence-corrected chi connectivity index (χ1v) is 8.94. The summed E-state index contributed by atoms with van der Waals surface area (Å²) in [6.45, 7) is 4.87. The summed E-state index contributed by atoms with van der Waals surface area (Å²) >= 11 is 0. The molecule has 1 fully saturated rings. The molecule has 0 aliphatic carbocycles. The SMILES string of the molecule is C[C@@H](O)C[C@@H]1CN(C(=O)c2ccccc2)CCN1Cc1ccccc1. The maximum atomic E-state index is 12.7. The number of rotatable bonds is 5. The van der Waals surface area contributed by atoms with Crippen LogP contribution in [0.15, 0.2) is 60.7 Å². The average Bonchev–Trinajstić information content (AvgIpc) is 2.64. The highest BCUT2D eigenvalue weighted by Gasteiger charge is 2.30. The van der Waals surface area contributed by atoms with Crippen molar-refractivity contribution in [3.05, 3.63) is 71.8 Å². The minimum atomic E-state index is -0.380. The maximum Gasteiger partial charge on any atom is 0.253 e. The van der Waals surface area contributed by atoms with Crippen molar-refractivity contribution in [3.63, 3.8) is 0 Å². The van der Waals surface area contributed by atoms with Gasteiger partial charge in [0.1, 0.15) is 0 Å². The minimum Gasteiger partial charge on any atom is -0.393 e. The Morgan fingerprint density at radius 1 is 1.08 bits per heavy atom. The zero-order chi connectivity index (χ0) is 17.6. The molecular weight excluding hydrogens is 312 g/mol. The molecule has 4 nitrogen and oxygen atoms in total. The number of piperazine rings is 1. The molecule has 0 bridgehead atoms. The Kier molecular flexibility index (Phi) is 5.84. The van der Waals surface area contributed by atoms with Crippen LogP contribution in [0.5, 0.6) is 0 Å². The molecule has 4 heteroatoms. The van der Waals surface area contributed by atoms with E-state index < -0.39 is 0 Å². The van der Waals surface area contributed by atoms with Crippen LogP contribution in [0.2, 0.25) is 0 Å². The van der Waals surface area contributed by atoms with Gasteiger partial charge < -0.3 is 10.0 Å². The van der Waals surface area contributed by atoms with Crippen molar-refractivity contribution in [3.8, 4) is 0 Å². The van der Waals surface area contributed by atoms with Crippen molar-refractivity contribution in [2.45, 2.75) is 32.0 Å². The lowest BCUT2D eigenvalue weighted by Crippen LogP contribution is -2.55. The van der Waals surface area contributed by atoms with Gasteiger partial charge in [0, 0.05) is 37.8 Å². The molecule has 2 aromatic rings. The van der Waals surface area contributed by atoms with Crippen LogP contribution < -0.4 is 0 Å². The predicted molar refractivity (Wildman–Crippen MR) is 99.3 cm³/mol. The van der Waals surface area contributed by atoms with Crippen LogP contribution in [0.3, 0.4) is 0 Å². The lowest BCUT2D eigenvalue weighted by atomic mass is 10.0. The van der Waals surface area contributed by atoms with E-state index in [-0.39, 0.29) is 18.1 Å². The number of aliphatic hydroxyl groups excluding tert-OH is 1. The molecule has 0 radical (unpaired) electrons. The standard InChI is InChI=1S/C21H26N2O2/c1-17(24)14-20-16-23(21(25)19-10-6-3-7-11-19)13-12-22(20)15-18-8-4-2-5-9-18/h2-11,17,20,24H,12-16H2,1H3/t17-,20-/m1/s1. The Hall–Kier alpha value is -2.17. The van der Waals surface area contributed by atoms with E-state index in [0.717, 1.165) is 25.2 Å². The van der Waals surface area contributed by atoms with Crippen molar-refractivity contribution in [1.82, 2.24) is 9.80 Å². The molecule has 25 heavy (non-hydrogen) atoms. The van der Waals surface area contributed by atoms with E-state index in [1.54, 1.807) is 0 Å². The molecule has 0 aromatic heterocycles. The highest BCUT2D eigenvalue weighted by Crippen LogP contribution is 2.19. The van der Waals surface area contributed by atoms with Gasteiger partial charge in [-0.2, -0.15) is 0 Å². The number of carbonyl (C=O) groups excluding carboxylic acids is 1. The summed E-state index contributed by atoms with van der Waals surface area (Å²) in [5.74, 6) is 0.0792. The highest BCUT2D eigenvalue weighted by molar-refractivity contribution is 5.94. The van der Waals surface area contributed by atoms with Gasteiger partial charge in [-0.3, -0.25) is 9.69 Å². The van der Waals surface area contributed by atoms with Crippen LogP contribution in [0, 0.1) is 0 Å². The largest absolute Gasteiger partial charge is 0.393 e. The first-order valence-electron chi connectivity index (χ1n) is 8.94. The van der Waals surface area contributed by atoms with E-state index in [0.29, 0.717) is 13.0 Å². The summed E-state index contributed by atoms with van der Waals surface area (Å²) in [6.07, 6.45) is 0.292. The fourth-order valence-electron chi connectivity index (χ4n) is 3.48. The Morgan fingerprint density at radius 2 is 1.72 bits per heavy atom. The van der Waals surface area contributed by atoms with Crippen LogP contribution in [-0.4, -0.2) is 52.6 Å². The van der Waals surface area contributed by atoms with E-state index in [1.807, 2.05) is 60.4 Å². The monoisotopic (exact) mass is 338 g/mol. The second kappa shape index (κ2) is 8.28. The Bertz CT molecular complexity index is 673. The molecule has 1 aliphatic rings. The molecule has 1 N–H and O–H groups in total. The molecule has 3 rings (SSSR count). The third kappa shape index (κ3) is 4.68. The van der Waals surface area contributed by atoms with E-state index in [4.69, 9.17) is 0 Å². The fourth-order valence-corrected chi connectivity index (χ4v) is 3.48. The van der Waals surface area contributed by atoms with Crippen LogP contribution in [-0.2, 0) is 6.54 Å². The van der Waals surface area contributed by atoms with Gasteiger partial charge in [-0.05, 0) is 31.0 Å². The Labute approximate surface area is 149 Å². The molecule has 132 valence electrons. The number of benzene rings is 2. The Morgan fingerprint density at radius 3 is 2.36 bits per heavy atom. The molecule has 0 saturated carbocycles. The molecule has 2 aromatic carbocycles. The van der Waals surface area contributed by atoms with E-state index in [2.05, 4.69) is 17.0 Å². The molecule has 1 aliphatic heterocycles. The summed E-state index contributed by atoms with van der Waals surface area (Å²) in [4.78, 5) is 17.0. The quantitative estimate of drug-likeness (QED) is 0.912. The summed E-state index contributed by atoms with van der Waals surface area (Å²) in [7, 11) is 0. The molecule has 1 amide bonds. The van der Waals surface area contributed by atoms with Crippen LogP contribution in [0.1, 0.15) is 29.3 Å². The highest BCUT2D eigenvalue weighted by atomic mass is 16.3. The molecule has 2 atom stereocenters. The zero-order valence-electron chi connectivity index (χ0n) is 14.7. The van der Waals surface area contributed by atoms with Crippen molar-refractivity contribution in [2.75, 3.05) is 19.6 Å². The van der Waals surface area contributed by atoms with Gasteiger partial charge in [-0.25, -0.2) is 0 Å². The predicted octanol–water partition coefficient (Wildman–Crippen LogP) is 2.78. The number of hydrogen-bond donors (Lipinski definition) is 1. The zero-order valence-corrected chi connectivity index (χ0v) is 14.7. The molecule has 1 saturated heterocycles. The summed E-state index contributed by atoms with van der Waals surface area (Å²) in [5, 5.41) is 9.90. The number of amides is 1. The smallest absolute Gasteiger partial charge is 0.253 e. The van der Waals surface area contributed by atoms with Crippen LogP contribution >= 0.6 is 0 Å². The molecule has 0 spiro atoms. The van der Waals surface area contributed by atoms with E-state index in [1.165, 1.54) is 5.56 Å². The lowest BCUT2D eigenvalue weighted by Gasteiger charge is -2.42. The lowest BCUT2D eigenvalue weighted by molar-refractivity contribution is 0.0307. The van der Waals surface area contributed by atoms with E-state index >= 15 is 0 Å². The molecule has 0 unspecified atom stereocenters. The first kappa shape index (κ1) is 17.6. The number of nitrogens with zero attached hydrogens (tertiary/aromatic N) is 2. The first-order chi connectivity index (χ1) is 12.1. The van der Waals surface area contributed by atoms with Crippen LogP contribution in [0.4, 0.5) is 0 Å². The van der Waals surface area contributed by atoms with Gasteiger partial charge in [0.05, 0.1) is 6.10 Å². The van der Waals surface area contributed by atoms with Gasteiger partial charge in [-0.1, -0.05) is 48.5 Å². The average molecular weight is 338 g/mol. The third-order valence-electron chi connectivity index (χ3n) is 4.75. The third-order valence-corrected chi connectivity index (χ3v) is 4.75. The number of aliphatic hydroxyl groups is 1. The van der Waals surface area contributed by atoms with Gasteiger partial charge in [0.15, 0.2) is 0 Å². The number of hydrogen-bond acceptors (Lipinski definition) is 3. The normalized spacial score (nSPS) is 19.6. The van der Waals surface area contributed by atoms with Gasteiger partial charge in [0.25, 0.3) is 5.91 Å². The second-order valence-corrected chi connectivity index (χ2v) is 6.81. The van der Waals surface area contributed by atoms with Gasteiger partial charge in [-0.15, -0.1) is 0 Å². The summed E-state index contributed by atoms with van der Waals surface area (Å²) in [6, 6.07) is 20.0. The van der Waals surface area contributed by atoms with E-state index in [9.17, 15) is 9.90 Å². The van der Waals surface area contributed by atoms with Gasteiger partial charge in [0.2, 0.25) is 0 Å². The van der Waals surface area contributed by atoms with Crippen LogP contribution in [0.25, 0.3) is 0 Å². The van der Waals surface area contributed by atoms with Crippen molar-refractivity contribution in [2.24, 2.45) is 0 Å². The van der Waals surface area contributed by atoms with Crippen molar-refractivity contribution >= 4 is 5.91 Å². The minimum absolute atomic E-state index is 0.0792. The van der Waals surface area contributed by atoms with Crippen molar-refractivity contribution < 1.29 is 9.90 Å².